The predicted molar refractivity (Wildman–Crippen MR) is 182 cm³/mol. The molecule has 3 aromatic rings. The van der Waals surface area contributed by atoms with Crippen LogP contribution in [0, 0.1) is 0 Å². The number of aliphatic hydroxyl groups excluding tert-OH is 1. The van der Waals surface area contributed by atoms with Crippen LogP contribution in [0.1, 0.15) is 39.6 Å². The average Bonchev–Trinajstić information content (AvgIpc) is 3.34. The van der Waals surface area contributed by atoms with Gasteiger partial charge in [0.15, 0.2) is 18.6 Å². The molecular weight excluding hydrogens is 724 g/mol. The van der Waals surface area contributed by atoms with Crippen LogP contribution in [-0.2, 0) is 50.8 Å². The van der Waals surface area contributed by atoms with Crippen molar-refractivity contribution in [2.45, 2.75) is 83.1 Å². The summed E-state index contributed by atoms with van der Waals surface area (Å²) in [5.41, 5.74) is -4.42. The van der Waals surface area contributed by atoms with Crippen molar-refractivity contribution in [3.63, 3.8) is 0 Å². The molecule has 1 aliphatic rings. The van der Waals surface area contributed by atoms with Crippen LogP contribution in [0.2, 0.25) is 0 Å². The van der Waals surface area contributed by atoms with E-state index in [1.807, 2.05) is 0 Å². The van der Waals surface area contributed by atoms with Crippen LogP contribution in [0.25, 0.3) is 0 Å². The molecule has 1 amide bonds. The highest BCUT2D eigenvalue weighted by Crippen LogP contribution is 2.47. The van der Waals surface area contributed by atoms with Crippen LogP contribution >= 0.6 is 7.75 Å². The zero-order chi connectivity index (χ0) is 38.9. The van der Waals surface area contributed by atoms with Gasteiger partial charge in [0.25, 0.3) is 5.56 Å². The van der Waals surface area contributed by atoms with E-state index in [2.05, 4.69) is 20.1 Å². The van der Waals surface area contributed by atoms with Crippen molar-refractivity contribution >= 4 is 25.8 Å². The molecule has 53 heavy (non-hydrogen) atoms. The topological polar surface area (TPSA) is 225 Å². The Balaban J connectivity index is 1.52. The summed E-state index contributed by atoms with van der Waals surface area (Å²) in [7, 11) is -3.37. The van der Waals surface area contributed by atoms with Crippen LogP contribution in [-0.4, -0.2) is 87.0 Å². The number of para-hydroxylation sites is 1. The summed E-state index contributed by atoms with van der Waals surface area (Å²) < 4.78 is 63.0. The lowest BCUT2D eigenvalue weighted by molar-refractivity contribution is -0.150. The van der Waals surface area contributed by atoms with Crippen LogP contribution in [0.3, 0.4) is 0 Å². The Morgan fingerprint density at radius 3 is 2.42 bits per heavy atom. The Labute approximate surface area is 302 Å². The third kappa shape index (κ3) is 10.6. The molecule has 1 unspecified atom stereocenters. The van der Waals surface area contributed by atoms with Gasteiger partial charge < -0.3 is 33.9 Å². The molecule has 3 N–H and O–H groups in total. The predicted octanol–water partition coefficient (Wildman–Crippen LogP) is 1.99. The number of methoxy groups -OCH3 is 1. The number of hydrogen-bond acceptors (Lipinski definition) is 14. The molecule has 0 saturated carbocycles. The summed E-state index contributed by atoms with van der Waals surface area (Å²) >= 11 is 0. The molecule has 2 aromatic heterocycles. The third-order valence-corrected chi connectivity index (χ3v) is 9.38. The van der Waals surface area contributed by atoms with Crippen molar-refractivity contribution in [1.82, 2.24) is 24.5 Å². The number of carbonyl (C=O) groups excluding carboxylic acids is 3. The fraction of sp³-hybridized carbons (Fsp3) is 0.455. The van der Waals surface area contributed by atoms with E-state index < -0.39 is 92.7 Å². The van der Waals surface area contributed by atoms with Crippen LogP contribution in [0.4, 0.5) is 9.18 Å². The van der Waals surface area contributed by atoms with Gasteiger partial charge in [-0.3, -0.25) is 23.7 Å². The van der Waals surface area contributed by atoms with Gasteiger partial charge in [0.05, 0.1) is 19.8 Å². The summed E-state index contributed by atoms with van der Waals surface area (Å²) in [5.74, 6) is -1.73. The zero-order valence-electron chi connectivity index (χ0n) is 29.4. The first-order valence-electron chi connectivity index (χ1n) is 16.3. The van der Waals surface area contributed by atoms with Gasteiger partial charge >= 0.3 is 31.5 Å². The van der Waals surface area contributed by atoms with E-state index in [0.717, 1.165) is 26.3 Å². The molecule has 3 heterocycles. The Morgan fingerprint density at radius 2 is 1.77 bits per heavy atom. The van der Waals surface area contributed by atoms with Crippen molar-refractivity contribution in [1.29, 1.82) is 0 Å². The summed E-state index contributed by atoms with van der Waals surface area (Å²) in [4.78, 5) is 67.7. The lowest BCUT2D eigenvalue weighted by Gasteiger charge is -2.26. The first-order chi connectivity index (χ1) is 25.0. The summed E-state index contributed by atoms with van der Waals surface area (Å²) in [6.07, 6.45) is -4.59. The van der Waals surface area contributed by atoms with Gasteiger partial charge in [0.2, 0.25) is 0 Å². The molecule has 20 heteroatoms. The van der Waals surface area contributed by atoms with Gasteiger partial charge in [-0.05, 0) is 52.0 Å². The van der Waals surface area contributed by atoms with E-state index in [4.69, 9.17) is 23.3 Å². The maximum absolute atomic E-state index is 16.2. The van der Waals surface area contributed by atoms with Crippen molar-refractivity contribution < 1.29 is 56.4 Å². The summed E-state index contributed by atoms with van der Waals surface area (Å²) in [6.45, 7) is 3.83. The first kappa shape index (κ1) is 40.8. The molecule has 288 valence electrons. The zero-order valence-corrected chi connectivity index (χ0v) is 30.3. The second-order valence-electron chi connectivity index (χ2n) is 12.2. The number of pyridine rings is 1. The lowest BCUT2D eigenvalue weighted by atomic mass is 9.98. The lowest BCUT2D eigenvalue weighted by Crippen LogP contribution is -2.48. The Hall–Kier alpha value is -4.94. The minimum atomic E-state index is -4.46. The van der Waals surface area contributed by atoms with E-state index >= 15 is 4.39 Å². The SMILES string of the molecule is COC(=O)N[C@@H](Cc1ccccn1)C(=O)OCn1c(=O)ccn([C@@H]2O[C@H](COP(=O)(N[C@@H](C)C(=O)OC(C)C)Oc3ccccc3)[C@@H](O)[C@@]2(C)F)c1=O. The number of benzene rings is 1. The number of hydrogen-bond donors (Lipinski definition) is 3. The molecule has 0 bridgehead atoms. The van der Waals surface area contributed by atoms with E-state index in [1.165, 1.54) is 25.3 Å². The van der Waals surface area contributed by atoms with Crippen molar-refractivity contribution in [2.24, 2.45) is 0 Å². The molecule has 7 atom stereocenters. The molecule has 4 rings (SSSR count). The van der Waals surface area contributed by atoms with Crippen molar-refractivity contribution in [2.75, 3.05) is 13.7 Å². The highest BCUT2D eigenvalue weighted by molar-refractivity contribution is 7.52. The molecular formula is C33H41FN5O13P. The third-order valence-electron chi connectivity index (χ3n) is 7.74. The summed E-state index contributed by atoms with van der Waals surface area (Å²) in [5, 5.41) is 15.7. The molecule has 1 saturated heterocycles. The Kier molecular flexibility index (Phi) is 13.7. The number of alkyl halides is 1. The van der Waals surface area contributed by atoms with E-state index in [-0.39, 0.29) is 12.2 Å². The standard InChI is InChI=1S/C33H41FN5O13P/c1-20(2)50-28(42)21(3)37-53(46,52-23-12-7-6-8-13-23)49-18-25-27(41)33(4,34)30(51-25)38-16-14-26(40)39(32(38)45)19-48-29(43)24(36-31(44)47-5)17-22-11-9-10-15-35-22/h6-16,20-21,24-25,27,30,41H,17-19H2,1-5H3,(H,36,44)(H,37,46)/t21-,24-,25+,27+,30+,33+,53?/m0/s1. The number of amides is 1. The van der Waals surface area contributed by atoms with E-state index in [0.29, 0.717) is 14.8 Å². The quantitative estimate of drug-likeness (QED) is 0.108. The average molecular weight is 766 g/mol. The molecule has 0 spiro atoms. The van der Waals surface area contributed by atoms with Crippen molar-refractivity contribution in [3.05, 3.63) is 93.5 Å². The maximum Gasteiger partial charge on any atom is 0.459 e. The molecule has 0 aliphatic carbocycles. The van der Waals surface area contributed by atoms with Gasteiger partial charge in [0, 0.05) is 30.6 Å². The van der Waals surface area contributed by atoms with Crippen LogP contribution in [0.15, 0.2) is 76.6 Å². The Morgan fingerprint density at radius 1 is 1.08 bits per heavy atom. The smallest absolute Gasteiger partial charge is 0.459 e. The van der Waals surface area contributed by atoms with Gasteiger partial charge in [-0.15, -0.1) is 0 Å². The number of aromatic nitrogens is 3. The number of carbonyl (C=O) groups is 3. The molecule has 0 radical (unpaired) electrons. The van der Waals surface area contributed by atoms with E-state index in [9.17, 15) is 33.6 Å². The fourth-order valence-electron chi connectivity index (χ4n) is 5.04. The Bertz CT molecular complexity index is 1890. The molecule has 18 nitrogen and oxygen atoms in total. The van der Waals surface area contributed by atoms with Crippen LogP contribution in [0.5, 0.6) is 5.75 Å². The normalized spacial score (nSPS) is 21.9. The number of nitrogens with zero attached hydrogens (tertiary/aromatic N) is 3. The monoisotopic (exact) mass is 765 g/mol. The van der Waals surface area contributed by atoms with Gasteiger partial charge in [-0.1, -0.05) is 24.3 Å². The van der Waals surface area contributed by atoms with E-state index in [1.54, 1.807) is 50.2 Å². The number of alkyl carbamates (subject to hydrolysis) is 1. The highest BCUT2D eigenvalue weighted by atomic mass is 31.2. The number of nitrogens with one attached hydrogen (secondary N) is 2. The maximum atomic E-state index is 16.2. The number of aliphatic hydroxyl groups is 1. The first-order valence-corrected chi connectivity index (χ1v) is 17.8. The number of esters is 2. The minimum Gasteiger partial charge on any atom is -0.462 e. The van der Waals surface area contributed by atoms with Gasteiger partial charge in [-0.2, -0.15) is 5.09 Å². The van der Waals surface area contributed by atoms with Gasteiger partial charge in [-0.25, -0.2) is 27.9 Å². The van der Waals surface area contributed by atoms with Crippen LogP contribution < -0.4 is 26.2 Å². The highest BCUT2D eigenvalue weighted by Gasteiger charge is 2.56. The number of ether oxygens (including phenoxy) is 4. The number of halogens is 1. The molecule has 1 aliphatic heterocycles. The van der Waals surface area contributed by atoms with Crippen molar-refractivity contribution in [3.8, 4) is 5.75 Å². The molecule has 1 aromatic carbocycles. The largest absolute Gasteiger partial charge is 0.462 e. The second-order valence-corrected chi connectivity index (χ2v) is 13.9. The fourth-order valence-corrected chi connectivity index (χ4v) is 6.54. The minimum absolute atomic E-state index is 0.0903. The second kappa shape index (κ2) is 17.7. The summed E-state index contributed by atoms with van der Waals surface area (Å²) in [6, 6.07) is 11.1. The van der Waals surface area contributed by atoms with Gasteiger partial charge in [0.1, 0.15) is 30.0 Å². The molecule has 1 fully saturated rings. The number of rotatable bonds is 16.